The Labute approximate surface area is 246 Å². The number of nitrogens with zero attached hydrogens (tertiary/aromatic N) is 4. The van der Waals surface area contributed by atoms with Crippen molar-refractivity contribution >= 4 is 45.7 Å². The number of nitrogens with one attached hydrogen (secondary N) is 1. The van der Waals surface area contributed by atoms with Crippen LogP contribution in [-0.4, -0.2) is 67.5 Å². The van der Waals surface area contributed by atoms with Gasteiger partial charge in [-0.1, -0.05) is 13.8 Å². The van der Waals surface area contributed by atoms with Crippen LogP contribution in [0.3, 0.4) is 0 Å². The Morgan fingerprint density at radius 2 is 1.70 bits per heavy atom. The summed E-state index contributed by atoms with van der Waals surface area (Å²) in [6, 6.07) is 5.63. The van der Waals surface area contributed by atoms with Crippen LogP contribution in [0.2, 0.25) is 0 Å². The number of anilines is 3. The van der Waals surface area contributed by atoms with Gasteiger partial charge in [-0.15, -0.1) is 0 Å². The Morgan fingerprint density at radius 3 is 2.28 bits per heavy atom. The molecule has 0 unspecified atom stereocenters. The maximum Gasteiger partial charge on any atom is 0.341 e. The van der Waals surface area contributed by atoms with Crippen molar-refractivity contribution in [1.29, 1.82) is 0 Å². The first-order valence-electron chi connectivity index (χ1n) is 13.6. The molecule has 0 radical (unpaired) electrons. The van der Waals surface area contributed by atoms with Gasteiger partial charge in [0.1, 0.15) is 22.6 Å². The van der Waals surface area contributed by atoms with Gasteiger partial charge in [-0.3, -0.25) is 24.1 Å². The molecule has 2 aliphatic rings. The van der Waals surface area contributed by atoms with Gasteiger partial charge in [0.05, 0.1) is 11.1 Å². The van der Waals surface area contributed by atoms with E-state index in [-0.39, 0.29) is 41.3 Å². The number of carboxylic acids is 1. The van der Waals surface area contributed by atoms with E-state index in [1.807, 2.05) is 18.7 Å². The number of aromatic carboxylic acids is 1. The summed E-state index contributed by atoms with van der Waals surface area (Å²) < 4.78 is 37.8. The topological polar surface area (TPSA) is 150 Å². The van der Waals surface area contributed by atoms with Crippen LogP contribution in [0.25, 0.3) is 10.9 Å². The molecule has 43 heavy (non-hydrogen) atoms. The zero-order chi connectivity index (χ0) is 31.6. The van der Waals surface area contributed by atoms with Crippen molar-refractivity contribution in [2.45, 2.75) is 27.2 Å². The van der Waals surface area contributed by atoms with Gasteiger partial charge in [0, 0.05) is 58.5 Å². The monoisotopic (exact) mass is 600 g/mol. The number of pyridine rings is 1. The molecule has 3 aromatic rings. The maximum absolute atomic E-state index is 15.5. The Balaban J connectivity index is 0.000000996. The van der Waals surface area contributed by atoms with Crippen LogP contribution in [0.4, 0.5) is 25.8 Å². The lowest BCUT2D eigenvalue weighted by molar-refractivity contribution is -0.117. The smallest absolute Gasteiger partial charge is 0.341 e. The fourth-order valence-corrected chi connectivity index (χ4v) is 5.07. The summed E-state index contributed by atoms with van der Waals surface area (Å²) in [6.07, 6.45) is 1.56. The minimum absolute atomic E-state index is 0.0196. The first-order chi connectivity index (χ1) is 20.3. The molecule has 2 aromatic carbocycles. The molecular formula is C29H34F2N6O6. The van der Waals surface area contributed by atoms with E-state index in [1.54, 1.807) is 29.1 Å². The van der Waals surface area contributed by atoms with Gasteiger partial charge in [0.25, 0.3) is 0 Å². The molecule has 1 aromatic heterocycles. The van der Waals surface area contributed by atoms with Gasteiger partial charge in [-0.25, -0.2) is 13.6 Å². The SMILES string of the molecule is CC(C)CC(=O)Nc1ccc(N2CCN(c3c(F)cc4c(=O)c(C(=O)O)cn5c4c3OCN5C)CC2)c(F)c1.CC(N)=O. The molecule has 3 heterocycles. The predicted molar refractivity (Wildman–Crippen MR) is 159 cm³/mol. The molecule has 12 nitrogen and oxygen atoms in total. The summed E-state index contributed by atoms with van der Waals surface area (Å²) in [4.78, 5) is 49.3. The van der Waals surface area contributed by atoms with Crippen LogP contribution in [-0.2, 0) is 9.59 Å². The van der Waals surface area contributed by atoms with Crippen LogP contribution in [0.15, 0.2) is 35.3 Å². The van der Waals surface area contributed by atoms with Gasteiger partial charge in [0.15, 0.2) is 18.3 Å². The van der Waals surface area contributed by atoms with Crippen LogP contribution in [0.1, 0.15) is 37.6 Å². The molecular weight excluding hydrogens is 566 g/mol. The highest BCUT2D eigenvalue weighted by Gasteiger charge is 2.31. The van der Waals surface area contributed by atoms with Crippen LogP contribution < -0.4 is 36.0 Å². The lowest BCUT2D eigenvalue weighted by Gasteiger charge is -2.39. The van der Waals surface area contributed by atoms with Crippen LogP contribution >= 0.6 is 0 Å². The molecule has 1 fully saturated rings. The number of primary amides is 1. The third kappa shape index (κ3) is 6.63. The number of ether oxygens (including phenoxy) is 1. The number of carbonyl (C=O) groups excluding carboxylic acids is 2. The van der Waals surface area contributed by atoms with Gasteiger partial charge in [0.2, 0.25) is 17.2 Å². The van der Waals surface area contributed by atoms with E-state index < -0.39 is 28.6 Å². The molecule has 1 saturated heterocycles. The van der Waals surface area contributed by atoms with E-state index in [0.717, 1.165) is 6.07 Å². The minimum Gasteiger partial charge on any atom is -0.477 e. The van der Waals surface area contributed by atoms with Crippen molar-refractivity contribution < 1.29 is 33.0 Å². The molecule has 0 bridgehead atoms. The average molecular weight is 601 g/mol. The Morgan fingerprint density at radius 1 is 1.07 bits per heavy atom. The van der Waals surface area contributed by atoms with E-state index in [1.165, 1.54) is 23.9 Å². The maximum atomic E-state index is 15.5. The highest BCUT2D eigenvalue weighted by molar-refractivity contribution is 5.97. The number of rotatable bonds is 6. The normalized spacial score (nSPS) is 14.3. The van der Waals surface area contributed by atoms with Gasteiger partial charge in [-0.2, -0.15) is 0 Å². The van der Waals surface area contributed by atoms with Crippen molar-refractivity contribution in [3.05, 3.63) is 57.9 Å². The van der Waals surface area contributed by atoms with Crippen molar-refractivity contribution in [2.24, 2.45) is 11.7 Å². The molecule has 0 atom stereocenters. The van der Waals surface area contributed by atoms with E-state index >= 15 is 4.39 Å². The number of amides is 2. The summed E-state index contributed by atoms with van der Waals surface area (Å²) in [6.45, 7) is 6.65. The number of benzene rings is 2. The summed E-state index contributed by atoms with van der Waals surface area (Å²) >= 11 is 0. The molecule has 0 saturated carbocycles. The van der Waals surface area contributed by atoms with Gasteiger partial charge in [-0.05, 0) is 30.2 Å². The quantitative estimate of drug-likeness (QED) is 0.388. The second kappa shape index (κ2) is 12.5. The largest absolute Gasteiger partial charge is 0.477 e. The zero-order valence-corrected chi connectivity index (χ0v) is 24.3. The highest BCUT2D eigenvalue weighted by Crippen LogP contribution is 2.40. The first-order valence-corrected chi connectivity index (χ1v) is 13.6. The van der Waals surface area contributed by atoms with Crippen LogP contribution in [0.5, 0.6) is 5.75 Å². The Kier molecular flexibility index (Phi) is 9.07. The number of carboxylic acid groups (broad SMARTS) is 1. The van der Waals surface area contributed by atoms with E-state index in [4.69, 9.17) is 4.74 Å². The lowest BCUT2D eigenvalue weighted by Crippen LogP contribution is -2.47. The van der Waals surface area contributed by atoms with Crippen molar-refractivity contribution in [2.75, 3.05) is 60.1 Å². The average Bonchev–Trinajstić information content (AvgIpc) is 2.91. The summed E-state index contributed by atoms with van der Waals surface area (Å²) in [7, 11) is 1.66. The van der Waals surface area contributed by atoms with Gasteiger partial charge < -0.3 is 30.7 Å². The van der Waals surface area contributed by atoms with Crippen molar-refractivity contribution in [3.63, 3.8) is 0 Å². The molecule has 14 heteroatoms. The van der Waals surface area contributed by atoms with Crippen molar-refractivity contribution in [1.82, 2.24) is 4.68 Å². The minimum atomic E-state index is -1.40. The summed E-state index contributed by atoms with van der Waals surface area (Å²) in [5, 5.41) is 13.7. The molecule has 2 aliphatic heterocycles. The fraction of sp³-hybridized carbons (Fsp3) is 0.379. The highest BCUT2D eigenvalue weighted by atomic mass is 19.1. The number of halogens is 2. The van der Waals surface area contributed by atoms with E-state index in [2.05, 4.69) is 11.1 Å². The lowest BCUT2D eigenvalue weighted by atomic mass is 10.1. The molecule has 0 spiro atoms. The third-order valence-electron chi connectivity index (χ3n) is 6.91. The molecule has 2 amide bonds. The molecule has 230 valence electrons. The second-order valence-corrected chi connectivity index (χ2v) is 10.8. The summed E-state index contributed by atoms with van der Waals surface area (Å²) in [5.41, 5.74) is 4.45. The van der Waals surface area contributed by atoms with Gasteiger partial charge >= 0.3 is 5.97 Å². The number of nitrogens with two attached hydrogens (primary N) is 1. The fourth-order valence-electron chi connectivity index (χ4n) is 5.07. The first kappa shape index (κ1) is 31.1. The molecule has 4 N–H and O–H groups in total. The number of piperazine rings is 1. The Hall–Kier alpha value is -4.88. The standard InChI is InChI=1S/C27H29F2N5O5.C2H5NO/c1-15(2)10-22(35)30-16-4-5-21(19(28)11-16)32-6-8-33(9-7-32)24-20(29)12-17-23-26(24)39-14-31(3)34(23)13-18(25(17)36)27(37)38;1-2(3)4/h4-5,11-13,15H,6-10,14H2,1-3H3,(H,30,35)(H,37,38);1H3,(H2,3,4). The van der Waals surface area contributed by atoms with Crippen molar-refractivity contribution in [3.8, 4) is 5.75 Å². The number of hydrogen-bond acceptors (Lipinski definition) is 8. The predicted octanol–water partition coefficient (Wildman–Crippen LogP) is 2.70. The number of aromatic nitrogens is 1. The number of carbonyl (C=O) groups is 3. The molecule has 5 rings (SSSR count). The van der Waals surface area contributed by atoms with E-state index in [0.29, 0.717) is 49.5 Å². The third-order valence-corrected chi connectivity index (χ3v) is 6.91. The Bertz CT molecular complexity index is 1630. The van der Waals surface area contributed by atoms with E-state index in [9.17, 15) is 28.7 Å². The zero-order valence-electron chi connectivity index (χ0n) is 24.3. The van der Waals surface area contributed by atoms with Crippen LogP contribution in [0, 0.1) is 17.6 Å². The summed E-state index contributed by atoms with van der Waals surface area (Å²) in [5.74, 6) is -2.72. The molecule has 0 aliphatic carbocycles. The number of hydrogen-bond donors (Lipinski definition) is 3. The second-order valence-electron chi connectivity index (χ2n) is 10.8.